The topological polar surface area (TPSA) is 46.5 Å². The summed E-state index contributed by atoms with van der Waals surface area (Å²) in [7, 11) is 1.59. The van der Waals surface area contributed by atoms with E-state index in [2.05, 4.69) is 15.9 Å². The highest BCUT2D eigenvalue weighted by atomic mass is 79.9. The number of ketones is 1. The molecule has 0 amide bonds. The number of aliphatic hydroxyl groups is 1. The molecule has 1 rings (SSSR count). The summed E-state index contributed by atoms with van der Waals surface area (Å²) in [6.45, 7) is 1.87. The first-order chi connectivity index (χ1) is 7.60. The summed E-state index contributed by atoms with van der Waals surface area (Å²) < 4.78 is 5.07. The van der Waals surface area contributed by atoms with Gasteiger partial charge in [-0.3, -0.25) is 4.79 Å². The van der Waals surface area contributed by atoms with E-state index in [0.717, 1.165) is 11.3 Å². The summed E-state index contributed by atoms with van der Waals surface area (Å²) in [4.78, 5) is 11.6. The van der Waals surface area contributed by atoms with E-state index in [1.54, 1.807) is 19.2 Å². The smallest absolute Gasteiger partial charge is 0.176 e. The van der Waals surface area contributed by atoms with Crippen molar-refractivity contribution in [3.05, 3.63) is 29.3 Å². The summed E-state index contributed by atoms with van der Waals surface area (Å²) in [6.07, 6.45) is 0.421. The van der Waals surface area contributed by atoms with Crippen LogP contribution in [0.15, 0.2) is 18.2 Å². The van der Waals surface area contributed by atoms with Gasteiger partial charge in [-0.1, -0.05) is 15.9 Å². The Morgan fingerprint density at radius 3 is 2.75 bits per heavy atom. The first-order valence-electron chi connectivity index (χ1n) is 5.04. The van der Waals surface area contributed by atoms with E-state index in [0.29, 0.717) is 12.0 Å². The average Bonchev–Trinajstić information content (AvgIpc) is 2.28. The number of ether oxygens (including phenoxy) is 1. The molecule has 0 radical (unpaired) electrons. The lowest BCUT2D eigenvalue weighted by atomic mass is 10.0. The predicted octanol–water partition coefficient (Wildman–Crippen LogP) is 2.33. The number of halogens is 1. The molecule has 3 nitrogen and oxygen atoms in total. The number of alkyl halides is 1. The zero-order valence-electron chi connectivity index (χ0n) is 9.37. The van der Waals surface area contributed by atoms with Gasteiger partial charge in [0.25, 0.3) is 0 Å². The highest BCUT2D eigenvalue weighted by molar-refractivity contribution is 9.10. The molecule has 0 fully saturated rings. The maximum atomic E-state index is 12.0. The Labute approximate surface area is 104 Å². The first-order valence-corrected chi connectivity index (χ1v) is 5.95. The minimum Gasteiger partial charge on any atom is -0.497 e. The number of Topliss-reactive ketones (excluding diaryl/α,β-unsaturated/α-hetero) is 1. The van der Waals surface area contributed by atoms with Gasteiger partial charge in [-0.15, -0.1) is 0 Å². The van der Waals surface area contributed by atoms with E-state index >= 15 is 0 Å². The number of rotatable bonds is 5. The van der Waals surface area contributed by atoms with E-state index < -0.39 is 0 Å². The Bertz CT molecular complexity index is 377. The van der Waals surface area contributed by atoms with E-state index in [1.165, 1.54) is 0 Å². The van der Waals surface area contributed by atoms with Crippen molar-refractivity contribution >= 4 is 21.7 Å². The van der Waals surface area contributed by atoms with Gasteiger partial charge in [-0.2, -0.15) is 0 Å². The Hall–Kier alpha value is -0.870. The molecule has 0 aliphatic heterocycles. The van der Waals surface area contributed by atoms with Crippen LogP contribution < -0.4 is 4.74 Å². The normalized spacial score (nSPS) is 12.2. The van der Waals surface area contributed by atoms with E-state index in [1.807, 2.05) is 13.0 Å². The molecular weight excluding hydrogens is 272 g/mol. The maximum absolute atomic E-state index is 12.0. The summed E-state index contributed by atoms with van der Waals surface area (Å²) in [5.74, 6) is 0.733. The Kier molecular flexibility index (Phi) is 4.96. The number of aliphatic hydroxyl groups excluding tert-OH is 1. The number of carbonyl (C=O) groups is 1. The SMILES string of the molecule is COc1ccc(C(=O)C(Br)CCO)c(C)c1. The third-order valence-corrected chi connectivity index (χ3v) is 3.24. The van der Waals surface area contributed by atoms with Gasteiger partial charge in [-0.25, -0.2) is 0 Å². The summed E-state index contributed by atoms with van der Waals surface area (Å²) in [6, 6.07) is 5.34. The van der Waals surface area contributed by atoms with Crippen LogP contribution in [-0.4, -0.2) is 29.4 Å². The quantitative estimate of drug-likeness (QED) is 0.668. The predicted molar refractivity (Wildman–Crippen MR) is 66.5 cm³/mol. The molecule has 1 N–H and O–H groups in total. The van der Waals surface area contributed by atoms with Crippen LogP contribution in [-0.2, 0) is 0 Å². The fraction of sp³-hybridized carbons (Fsp3) is 0.417. The van der Waals surface area contributed by atoms with Crippen molar-refractivity contribution < 1.29 is 14.6 Å². The zero-order valence-corrected chi connectivity index (χ0v) is 11.0. The third-order valence-electron chi connectivity index (χ3n) is 2.37. The first kappa shape index (κ1) is 13.2. The molecule has 0 saturated carbocycles. The Morgan fingerprint density at radius 2 is 2.25 bits per heavy atom. The Morgan fingerprint density at radius 1 is 1.56 bits per heavy atom. The summed E-state index contributed by atoms with van der Waals surface area (Å²) in [5, 5.41) is 8.78. The number of benzene rings is 1. The molecule has 1 atom stereocenters. The van der Waals surface area contributed by atoms with Gasteiger partial charge in [0.05, 0.1) is 11.9 Å². The fourth-order valence-electron chi connectivity index (χ4n) is 1.45. The molecule has 16 heavy (non-hydrogen) atoms. The second-order valence-electron chi connectivity index (χ2n) is 3.52. The summed E-state index contributed by atoms with van der Waals surface area (Å²) >= 11 is 3.27. The van der Waals surface area contributed by atoms with Crippen molar-refractivity contribution in [1.29, 1.82) is 0 Å². The molecular formula is C12H15BrO3. The minimum absolute atomic E-state index is 0.00312. The molecule has 0 spiro atoms. The number of hydrogen-bond donors (Lipinski definition) is 1. The van der Waals surface area contributed by atoms with Crippen molar-refractivity contribution in [3.63, 3.8) is 0 Å². The Balaban J connectivity index is 2.91. The van der Waals surface area contributed by atoms with Gasteiger partial charge in [0.1, 0.15) is 5.75 Å². The van der Waals surface area contributed by atoms with Crippen molar-refractivity contribution in [2.45, 2.75) is 18.2 Å². The summed E-state index contributed by atoms with van der Waals surface area (Å²) in [5.41, 5.74) is 1.54. The van der Waals surface area contributed by atoms with E-state index in [-0.39, 0.29) is 17.2 Å². The maximum Gasteiger partial charge on any atom is 0.176 e. The molecule has 0 aromatic heterocycles. The van der Waals surface area contributed by atoms with Crippen molar-refractivity contribution in [2.75, 3.05) is 13.7 Å². The van der Waals surface area contributed by atoms with Crippen LogP contribution >= 0.6 is 15.9 Å². The van der Waals surface area contributed by atoms with E-state index in [9.17, 15) is 4.79 Å². The van der Waals surface area contributed by atoms with Crippen LogP contribution in [0.25, 0.3) is 0 Å². The fourth-order valence-corrected chi connectivity index (χ4v) is 1.90. The van der Waals surface area contributed by atoms with Gasteiger partial charge in [0, 0.05) is 12.2 Å². The highest BCUT2D eigenvalue weighted by Crippen LogP contribution is 2.21. The monoisotopic (exact) mass is 286 g/mol. The molecule has 0 saturated heterocycles. The van der Waals surface area contributed by atoms with Gasteiger partial charge in [0.2, 0.25) is 0 Å². The lowest BCUT2D eigenvalue weighted by Gasteiger charge is -2.10. The second kappa shape index (κ2) is 6.01. The molecule has 1 aromatic carbocycles. The van der Waals surface area contributed by atoms with Crippen LogP contribution in [0.2, 0.25) is 0 Å². The number of hydrogen-bond acceptors (Lipinski definition) is 3. The van der Waals surface area contributed by atoms with Crippen LogP contribution in [0.1, 0.15) is 22.3 Å². The van der Waals surface area contributed by atoms with Crippen molar-refractivity contribution in [2.24, 2.45) is 0 Å². The molecule has 0 aliphatic carbocycles. The lowest BCUT2D eigenvalue weighted by molar-refractivity contribution is 0.0980. The zero-order chi connectivity index (χ0) is 12.1. The molecule has 0 aliphatic rings. The van der Waals surface area contributed by atoms with Crippen LogP contribution in [0, 0.1) is 6.92 Å². The average molecular weight is 287 g/mol. The standard InChI is InChI=1S/C12H15BrO3/c1-8-7-9(16-2)3-4-10(8)12(15)11(13)5-6-14/h3-4,7,11,14H,5-6H2,1-2H3. The lowest BCUT2D eigenvalue weighted by Crippen LogP contribution is -2.16. The highest BCUT2D eigenvalue weighted by Gasteiger charge is 2.18. The largest absolute Gasteiger partial charge is 0.497 e. The van der Waals surface area contributed by atoms with Crippen molar-refractivity contribution in [3.8, 4) is 5.75 Å². The van der Waals surface area contributed by atoms with Gasteiger partial charge in [-0.05, 0) is 37.1 Å². The third kappa shape index (κ3) is 3.06. The molecule has 1 unspecified atom stereocenters. The number of methoxy groups -OCH3 is 1. The molecule has 0 heterocycles. The molecule has 88 valence electrons. The number of carbonyl (C=O) groups excluding carboxylic acids is 1. The second-order valence-corrected chi connectivity index (χ2v) is 4.63. The minimum atomic E-state index is -0.329. The molecule has 0 bridgehead atoms. The van der Waals surface area contributed by atoms with Crippen LogP contribution in [0.4, 0.5) is 0 Å². The van der Waals surface area contributed by atoms with Gasteiger partial charge >= 0.3 is 0 Å². The molecule has 4 heteroatoms. The van der Waals surface area contributed by atoms with Gasteiger partial charge in [0.15, 0.2) is 5.78 Å². The van der Waals surface area contributed by atoms with Crippen LogP contribution in [0.3, 0.4) is 0 Å². The van der Waals surface area contributed by atoms with Gasteiger partial charge < -0.3 is 9.84 Å². The van der Waals surface area contributed by atoms with E-state index in [4.69, 9.17) is 9.84 Å². The molecule has 1 aromatic rings. The van der Waals surface area contributed by atoms with Crippen LogP contribution in [0.5, 0.6) is 5.75 Å². The number of aryl methyl sites for hydroxylation is 1. The van der Waals surface area contributed by atoms with Crippen molar-refractivity contribution in [1.82, 2.24) is 0 Å².